The van der Waals surface area contributed by atoms with Gasteiger partial charge < -0.3 is 10.4 Å². The van der Waals surface area contributed by atoms with Crippen LogP contribution in [0, 0.1) is 11.8 Å². The number of carbonyl (C=O) groups is 2. The summed E-state index contributed by atoms with van der Waals surface area (Å²) in [5, 5.41) is 15.8. The highest BCUT2D eigenvalue weighted by molar-refractivity contribution is 5.92. The van der Waals surface area contributed by atoms with Crippen molar-refractivity contribution in [3.8, 4) is 0 Å². The lowest BCUT2D eigenvalue weighted by Gasteiger charge is -2.15. The number of carboxylic acid groups (broad SMARTS) is 1. The van der Waals surface area contributed by atoms with E-state index in [0.29, 0.717) is 18.7 Å². The molecule has 98 valence electrons. The van der Waals surface area contributed by atoms with Gasteiger partial charge in [-0.2, -0.15) is 5.10 Å². The quantitative estimate of drug-likeness (QED) is 0.823. The summed E-state index contributed by atoms with van der Waals surface area (Å²) < 4.78 is 1.56. The van der Waals surface area contributed by atoms with E-state index in [4.69, 9.17) is 5.11 Å². The summed E-state index contributed by atoms with van der Waals surface area (Å²) in [6.07, 6.45) is 4.19. The number of rotatable bonds is 4. The number of aliphatic carboxylic acids is 1. The van der Waals surface area contributed by atoms with E-state index >= 15 is 0 Å². The van der Waals surface area contributed by atoms with Crippen molar-refractivity contribution in [2.75, 3.05) is 6.54 Å². The number of aromatic nitrogens is 2. The summed E-state index contributed by atoms with van der Waals surface area (Å²) in [4.78, 5) is 22.8. The number of hydrogen-bond acceptors (Lipinski definition) is 3. The van der Waals surface area contributed by atoms with Crippen LogP contribution in [0.15, 0.2) is 12.3 Å². The maximum absolute atomic E-state index is 11.8. The molecule has 1 aromatic rings. The average Bonchev–Trinajstić information content (AvgIpc) is 2.94. The molecule has 1 amide bonds. The van der Waals surface area contributed by atoms with Crippen molar-refractivity contribution in [1.82, 2.24) is 15.1 Å². The number of carbonyl (C=O) groups excluding carboxylic acids is 1. The number of carboxylic acids is 1. The van der Waals surface area contributed by atoms with Crippen LogP contribution in [0.25, 0.3) is 0 Å². The molecule has 2 unspecified atom stereocenters. The Morgan fingerprint density at radius 1 is 1.56 bits per heavy atom. The summed E-state index contributed by atoms with van der Waals surface area (Å²) in [6.45, 7) is 0.409. The largest absolute Gasteiger partial charge is 0.481 e. The molecule has 1 fully saturated rings. The Morgan fingerprint density at radius 3 is 2.94 bits per heavy atom. The lowest BCUT2D eigenvalue weighted by Crippen LogP contribution is -2.33. The minimum absolute atomic E-state index is 0.0372. The van der Waals surface area contributed by atoms with Gasteiger partial charge in [0.05, 0.1) is 5.92 Å². The Labute approximate surface area is 105 Å². The SMILES string of the molecule is Cn1ccc(C(=O)NCC2CCCC2C(=O)O)n1. The Balaban J connectivity index is 1.88. The predicted octanol–water partition coefficient (Wildman–Crippen LogP) is 0.651. The van der Waals surface area contributed by atoms with Gasteiger partial charge in [0.1, 0.15) is 5.69 Å². The molecule has 1 aliphatic carbocycles. The van der Waals surface area contributed by atoms with E-state index in [2.05, 4.69) is 10.4 Å². The lowest BCUT2D eigenvalue weighted by molar-refractivity contribution is -0.142. The van der Waals surface area contributed by atoms with Crippen LogP contribution in [0.2, 0.25) is 0 Å². The summed E-state index contributed by atoms with van der Waals surface area (Å²) in [6, 6.07) is 1.64. The molecule has 2 rings (SSSR count). The Morgan fingerprint density at radius 2 is 2.33 bits per heavy atom. The fourth-order valence-electron chi connectivity index (χ4n) is 2.46. The third kappa shape index (κ3) is 2.69. The first kappa shape index (κ1) is 12.6. The first-order valence-corrected chi connectivity index (χ1v) is 6.08. The van der Waals surface area contributed by atoms with Crippen LogP contribution < -0.4 is 5.32 Å². The van der Waals surface area contributed by atoms with Crippen molar-refractivity contribution in [1.29, 1.82) is 0 Å². The maximum atomic E-state index is 11.8. The molecule has 6 nitrogen and oxygen atoms in total. The summed E-state index contributed by atoms with van der Waals surface area (Å²) in [7, 11) is 1.74. The van der Waals surface area contributed by atoms with Crippen LogP contribution in [-0.2, 0) is 11.8 Å². The first-order chi connectivity index (χ1) is 8.58. The molecule has 1 heterocycles. The van der Waals surface area contributed by atoms with E-state index < -0.39 is 5.97 Å². The molecule has 1 saturated carbocycles. The molecular weight excluding hydrogens is 234 g/mol. The average molecular weight is 251 g/mol. The van der Waals surface area contributed by atoms with Gasteiger partial charge in [-0.3, -0.25) is 14.3 Å². The third-order valence-corrected chi connectivity index (χ3v) is 3.45. The fourth-order valence-corrected chi connectivity index (χ4v) is 2.46. The third-order valence-electron chi connectivity index (χ3n) is 3.45. The van der Waals surface area contributed by atoms with Crippen LogP contribution in [0.5, 0.6) is 0 Å². The maximum Gasteiger partial charge on any atom is 0.306 e. The molecule has 0 spiro atoms. The second-order valence-electron chi connectivity index (χ2n) is 4.72. The highest BCUT2D eigenvalue weighted by atomic mass is 16.4. The highest BCUT2D eigenvalue weighted by Crippen LogP contribution is 2.31. The van der Waals surface area contributed by atoms with Gasteiger partial charge in [-0.25, -0.2) is 0 Å². The zero-order valence-electron chi connectivity index (χ0n) is 10.3. The van der Waals surface area contributed by atoms with Gasteiger partial charge in [0.25, 0.3) is 5.91 Å². The Hall–Kier alpha value is -1.85. The zero-order valence-corrected chi connectivity index (χ0v) is 10.3. The Bertz CT molecular complexity index is 455. The smallest absolute Gasteiger partial charge is 0.306 e. The molecule has 0 saturated heterocycles. The van der Waals surface area contributed by atoms with E-state index in [-0.39, 0.29) is 17.7 Å². The molecule has 1 aliphatic rings. The number of hydrogen-bond donors (Lipinski definition) is 2. The summed E-state index contributed by atoms with van der Waals surface area (Å²) >= 11 is 0. The topological polar surface area (TPSA) is 84.2 Å². The molecule has 0 radical (unpaired) electrons. The minimum Gasteiger partial charge on any atom is -0.481 e. The van der Waals surface area contributed by atoms with Crippen molar-refractivity contribution < 1.29 is 14.7 Å². The van der Waals surface area contributed by atoms with Crippen molar-refractivity contribution in [2.45, 2.75) is 19.3 Å². The molecule has 0 bridgehead atoms. The normalized spacial score (nSPS) is 22.9. The van der Waals surface area contributed by atoms with Gasteiger partial charge >= 0.3 is 5.97 Å². The molecule has 1 aromatic heterocycles. The highest BCUT2D eigenvalue weighted by Gasteiger charge is 2.32. The Kier molecular flexibility index (Phi) is 3.64. The molecular formula is C12H17N3O3. The van der Waals surface area contributed by atoms with Gasteiger partial charge in [-0.05, 0) is 24.8 Å². The van der Waals surface area contributed by atoms with Gasteiger partial charge in [0, 0.05) is 19.8 Å². The van der Waals surface area contributed by atoms with Crippen LogP contribution in [0.3, 0.4) is 0 Å². The summed E-state index contributed by atoms with van der Waals surface area (Å²) in [5.74, 6) is -1.29. The van der Waals surface area contributed by atoms with Crippen molar-refractivity contribution >= 4 is 11.9 Å². The second-order valence-corrected chi connectivity index (χ2v) is 4.72. The standard InChI is InChI=1S/C12H17N3O3/c1-15-6-5-10(14-15)11(16)13-7-8-3-2-4-9(8)12(17)18/h5-6,8-9H,2-4,7H2,1H3,(H,13,16)(H,17,18). The van der Waals surface area contributed by atoms with Crippen molar-refractivity contribution in [2.24, 2.45) is 18.9 Å². The van der Waals surface area contributed by atoms with E-state index in [1.165, 1.54) is 0 Å². The van der Waals surface area contributed by atoms with E-state index in [1.807, 2.05) is 0 Å². The zero-order chi connectivity index (χ0) is 13.1. The number of nitrogens with zero attached hydrogens (tertiary/aromatic N) is 2. The number of nitrogens with one attached hydrogen (secondary N) is 1. The molecule has 18 heavy (non-hydrogen) atoms. The number of amides is 1. The van der Waals surface area contributed by atoms with E-state index in [1.54, 1.807) is 24.0 Å². The van der Waals surface area contributed by atoms with Crippen LogP contribution >= 0.6 is 0 Å². The van der Waals surface area contributed by atoms with Crippen molar-refractivity contribution in [3.63, 3.8) is 0 Å². The summed E-state index contributed by atoms with van der Waals surface area (Å²) in [5.41, 5.74) is 0.363. The fraction of sp³-hybridized carbons (Fsp3) is 0.583. The van der Waals surface area contributed by atoms with Crippen LogP contribution in [-0.4, -0.2) is 33.3 Å². The van der Waals surface area contributed by atoms with Crippen LogP contribution in [0.4, 0.5) is 0 Å². The first-order valence-electron chi connectivity index (χ1n) is 6.08. The second kappa shape index (κ2) is 5.20. The molecule has 6 heteroatoms. The van der Waals surface area contributed by atoms with Gasteiger partial charge in [0.15, 0.2) is 0 Å². The molecule has 2 N–H and O–H groups in total. The monoisotopic (exact) mass is 251 g/mol. The van der Waals surface area contributed by atoms with E-state index in [0.717, 1.165) is 12.8 Å². The number of aryl methyl sites for hydroxylation is 1. The molecule has 0 aliphatic heterocycles. The molecule has 2 atom stereocenters. The van der Waals surface area contributed by atoms with Gasteiger partial charge in [-0.15, -0.1) is 0 Å². The predicted molar refractivity (Wildman–Crippen MR) is 64.0 cm³/mol. The van der Waals surface area contributed by atoms with Crippen LogP contribution in [0.1, 0.15) is 29.8 Å². The van der Waals surface area contributed by atoms with Gasteiger partial charge in [0.2, 0.25) is 0 Å². The van der Waals surface area contributed by atoms with Gasteiger partial charge in [-0.1, -0.05) is 6.42 Å². The van der Waals surface area contributed by atoms with E-state index in [9.17, 15) is 9.59 Å². The van der Waals surface area contributed by atoms with Crippen molar-refractivity contribution in [3.05, 3.63) is 18.0 Å². The lowest BCUT2D eigenvalue weighted by atomic mass is 9.96. The molecule has 0 aromatic carbocycles. The minimum atomic E-state index is -0.760.